The van der Waals surface area contributed by atoms with E-state index in [-0.39, 0.29) is 6.42 Å². The molecule has 8 nitrogen and oxygen atoms in total. The van der Waals surface area contributed by atoms with E-state index in [2.05, 4.69) is 19.1 Å². The molecule has 0 fully saturated rings. The van der Waals surface area contributed by atoms with Crippen molar-refractivity contribution in [3.63, 3.8) is 0 Å². The molecule has 0 rings (SSSR count). The van der Waals surface area contributed by atoms with Crippen molar-refractivity contribution in [3.8, 4) is 0 Å². The smallest absolute Gasteiger partial charge is 0.258 e. The van der Waals surface area contributed by atoms with Crippen molar-refractivity contribution in [2.24, 2.45) is 0 Å². The van der Waals surface area contributed by atoms with Gasteiger partial charge in [-0.3, -0.25) is 14.9 Å². The van der Waals surface area contributed by atoms with E-state index in [4.69, 9.17) is 5.11 Å². The molecule has 0 aromatic carbocycles. The number of hydrogen-bond acceptors (Lipinski definition) is 7. The Morgan fingerprint density at radius 3 is 1.78 bits per heavy atom. The number of nitrogens with one attached hydrogen (secondary N) is 1. The lowest BCUT2D eigenvalue weighted by atomic mass is 10.0. The molecule has 0 saturated heterocycles. The maximum absolute atomic E-state index is 11.8. The second-order valence-corrected chi connectivity index (χ2v) is 8.42. The highest BCUT2D eigenvalue weighted by Gasteiger charge is 2.34. The van der Waals surface area contributed by atoms with Crippen molar-refractivity contribution >= 4 is 11.8 Å². The monoisotopic (exact) mass is 459 g/mol. The predicted molar refractivity (Wildman–Crippen MR) is 124 cm³/mol. The van der Waals surface area contributed by atoms with Crippen LogP contribution in [0.3, 0.4) is 0 Å². The molecule has 188 valence electrons. The average Bonchev–Trinajstić information content (AvgIpc) is 2.79. The largest absolute Gasteiger partial charge is 0.394 e. The summed E-state index contributed by atoms with van der Waals surface area (Å²) < 4.78 is 0. The lowest BCUT2D eigenvalue weighted by Crippen LogP contribution is -2.52. The average molecular weight is 460 g/mol. The number of amides is 2. The zero-order valence-electron chi connectivity index (χ0n) is 19.6. The van der Waals surface area contributed by atoms with Gasteiger partial charge < -0.3 is 25.5 Å². The molecule has 4 atom stereocenters. The molecule has 6 N–H and O–H groups in total. The molecule has 0 bridgehead atoms. The Bertz CT molecular complexity index is 513. The molecule has 2 amide bonds. The Hall–Kier alpha value is -1.32. The summed E-state index contributed by atoms with van der Waals surface area (Å²) in [4.78, 5) is 23.6. The van der Waals surface area contributed by atoms with Crippen LogP contribution >= 0.6 is 0 Å². The van der Waals surface area contributed by atoms with Crippen LogP contribution in [0.4, 0.5) is 0 Å². The van der Waals surface area contributed by atoms with Crippen LogP contribution in [0.1, 0.15) is 96.8 Å². The Morgan fingerprint density at radius 2 is 1.25 bits per heavy atom. The molecule has 0 aliphatic carbocycles. The van der Waals surface area contributed by atoms with Gasteiger partial charge in [0.15, 0.2) is 6.10 Å². The first-order chi connectivity index (χ1) is 15.3. The van der Waals surface area contributed by atoms with E-state index in [9.17, 15) is 30.0 Å². The Kier molecular flexibility index (Phi) is 19.5. The van der Waals surface area contributed by atoms with Gasteiger partial charge in [-0.15, -0.1) is 0 Å². The van der Waals surface area contributed by atoms with E-state index < -0.39 is 42.8 Å². The Morgan fingerprint density at radius 1 is 0.750 bits per heavy atom. The molecule has 0 aromatic heterocycles. The first-order valence-electron chi connectivity index (χ1n) is 12.2. The van der Waals surface area contributed by atoms with E-state index in [1.54, 1.807) is 0 Å². The van der Waals surface area contributed by atoms with E-state index in [0.29, 0.717) is 6.42 Å². The molecular formula is C24H45NO7. The van der Waals surface area contributed by atoms with E-state index in [1.165, 1.54) is 38.5 Å². The summed E-state index contributed by atoms with van der Waals surface area (Å²) in [5, 5.41) is 48.8. The summed E-state index contributed by atoms with van der Waals surface area (Å²) in [6.07, 6.45) is 11.7. The van der Waals surface area contributed by atoms with Gasteiger partial charge in [-0.25, -0.2) is 0 Å². The van der Waals surface area contributed by atoms with Gasteiger partial charge in [-0.2, -0.15) is 0 Å². The number of unbranched alkanes of at least 4 members (excludes halogenated alkanes) is 11. The highest BCUT2D eigenvalue weighted by atomic mass is 16.4. The van der Waals surface area contributed by atoms with Gasteiger partial charge in [0.25, 0.3) is 5.91 Å². The number of aliphatic hydroxyl groups excluding tert-OH is 5. The van der Waals surface area contributed by atoms with Gasteiger partial charge in [-0.1, -0.05) is 70.4 Å². The van der Waals surface area contributed by atoms with Crippen molar-refractivity contribution in [1.29, 1.82) is 0 Å². The molecular weight excluding hydrogens is 414 g/mol. The zero-order valence-corrected chi connectivity index (χ0v) is 19.6. The predicted octanol–water partition coefficient (Wildman–Crippen LogP) is 2.10. The normalized spacial score (nSPS) is 15.4. The van der Waals surface area contributed by atoms with Crippen molar-refractivity contribution in [2.75, 3.05) is 6.61 Å². The van der Waals surface area contributed by atoms with Crippen molar-refractivity contribution in [1.82, 2.24) is 5.32 Å². The number of imide groups is 1. The lowest BCUT2D eigenvalue weighted by molar-refractivity contribution is -0.151. The summed E-state index contributed by atoms with van der Waals surface area (Å²) in [6.45, 7) is 1.38. The quantitative estimate of drug-likeness (QED) is 0.121. The van der Waals surface area contributed by atoms with Gasteiger partial charge in [0, 0.05) is 6.42 Å². The van der Waals surface area contributed by atoms with Gasteiger partial charge >= 0.3 is 0 Å². The highest BCUT2D eigenvalue weighted by molar-refractivity contribution is 5.97. The van der Waals surface area contributed by atoms with Gasteiger partial charge in [0.05, 0.1) is 6.61 Å². The molecule has 4 unspecified atom stereocenters. The number of hydrogen-bond donors (Lipinski definition) is 6. The summed E-state index contributed by atoms with van der Waals surface area (Å²) in [6, 6.07) is 0. The zero-order chi connectivity index (χ0) is 24.2. The Balaban J connectivity index is 3.71. The van der Waals surface area contributed by atoms with Crippen LogP contribution in [0.15, 0.2) is 12.2 Å². The topological polar surface area (TPSA) is 147 Å². The maximum atomic E-state index is 11.8. The molecule has 0 spiro atoms. The van der Waals surface area contributed by atoms with Crippen LogP contribution in [0.25, 0.3) is 0 Å². The first kappa shape index (κ1) is 30.7. The maximum Gasteiger partial charge on any atom is 0.258 e. The van der Waals surface area contributed by atoms with Gasteiger partial charge in [0.2, 0.25) is 5.91 Å². The SMILES string of the molecule is CCCCCCCCC=CCCCCCCCC(=O)NC(=O)C(O)C(O)C(O)C(O)CO. The van der Waals surface area contributed by atoms with Crippen LogP contribution in [-0.2, 0) is 9.59 Å². The third-order valence-electron chi connectivity index (χ3n) is 5.45. The Labute approximate surface area is 192 Å². The summed E-state index contributed by atoms with van der Waals surface area (Å²) in [5.41, 5.74) is 0. The standard InChI is InChI=1S/C24H45NO7/c1-2-3-4-5-6-7-8-9-10-11-12-13-14-15-16-17-20(28)25-24(32)23(31)22(30)21(29)19(27)18-26/h9-10,19,21-23,26-27,29-31H,2-8,11-18H2,1H3,(H,25,28,32). The van der Waals surface area contributed by atoms with Crippen LogP contribution in [0.2, 0.25) is 0 Å². The third kappa shape index (κ3) is 15.5. The second kappa shape index (κ2) is 20.3. The first-order valence-corrected chi connectivity index (χ1v) is 12.2. The van der Waals surface area contributed by atoms with Gasteiger partial charge in [-0.05, 0) is 32.1 Å². The molecule has 0 radical (unpaired) electrons. The molecule has 0 aliphatic rings. The van der Waals surface area contributed by atoms with Crippen LogP contribution < -0.4 is 5.32 Å². The number of rotatable bonds is 20. The highest BCUT2D eigenvalue weighted by Crippen LogP contribution is 2.10. The fourth-order valence-corrected chi connectivity index (χ4v) is 3.31. The number of carbonyl (C=O) groups excluding carboxylic acids is 2. The van der Waals surface area contributed by atoms with Crippen LogP contribution in [0.5, 0.6) is 0 Å². The summed E-state index contributed by atoms with van der Waals surface area (Å²) in [7, 11) is 0. The van der Waals surface area contributed by atoms with E-state index in [1.807, 2.05) is 5.32 Å². The number of aliphatic hydroxyl groups is 5. The third-order valence-corrected chi connectivity index (χ3v) is 5.45. The molecule has 0 aromatic rings. The van der Waals surface area contributed by atoms with E-state index in [0.717, 1.165) is 38.5 Å². The fourth-order valence-electron chi connectivity index (χ4n) is 3.31. The number of allylic oxidation sites excluding steroid dienone is 2. The molecule has 32 heavy (non-hydrogen) atoms. The van der Waals surface area contributed by atoms with Crippen molar-refractivity contribution in [3.05, 3.63) is 12.2 Å². The van der Waals surface area contributed by atoms with Crippen LogP contribution in [0, 0.1) is 0 Å². The number of carbonyl (C=O) groups is 2. The van der Waals surface area contributed by atoms with Crippen LogP contribution in [-0.4, -0.2) is 68.4 Å². The molecule has 8 heteroatoms. The molecule has 0 aliphatic heterocycles. The van der Waals surface area contributed by atoms with Crippen molar-refractivity contribution in [2.45, 2.75) is 121 Å². The minimum Gasteiger partial charge on any atom is -0.394 e. The second-order valence-electron chi connectivity index (χ2n) is 8.42. The fraction of sp³-hybridized carbons (Fsp3) is 0.833. The molecule has 0 heterocycles. The van der Waals surface area contributed by atoms with Crippen molar-refractivity contribution < 1.29 is 35.1 Å². The van der Waals surface area contributed by atoms with Gasteiger partial charge in [0.1, 0.15) is 18.3 Å². The van der Waals surface area contributed by atoms with E-state index >= 15 is 0 Å². The molecule has 0 saturated carbocycles. The minimum atomic E-state index is -2.09. The summed E-state index contributed by atoms with van der Waals surface area (Å²) >= 11 is 0. The summed E-state index contributed by atoms with van der Waals surface area (Å²) in [5.74, 6) is -1.73. The lowest BCUT2D eigenvalue weighted by Gasteiger charge is -2.24. The minimum absolute atomic E-state index is 0.120.